The summed E-state index contributed by atoms with van der Waals surface area (Å²) in [6.07, 6.45) is 4.14. The summed E-state index contributed by atoms with van der Waals surface area (Å²) in [6, 6.07) is 0. The van der Waals surface area contributed by atoms with Crippen LogP contribution in [-0.2, 0) is 4.46 Å². The lowest BCUT2D eigenvalue weighted by atomic mass is 10.2. The Kier molecular flexibility index (Phi) is 6.01. The van der Waals surface area contributed by atoms with Crippen molar-refractivity contribution in [1.29, 1.82) is 0 Å². The molecule has 0 aliphatic rings. The highest BCUT2D eigenvalue weighted by Crippen LogP contribution is 1.97. The Balaban J connectivity index is 3.79. The van der Waals surface area contributed by atoms with Gasteiger partial charge in [-0.1, -0.05) is 16.8 Å². The molecule has 0 saturated carbocycles. The first-order chi connectivity index (χ1) is 5.52. The van der Waals surface area contributed by atoms with Crippen LogP contribution in [0.2, 0.25) is 0 Å². The van der Waals surface area contributed by atoms with Crippen molar-refractivity contribution < 1.29 is 9.26 Å². The summed E-state index contributed by atoms with van der Waals surface area (Å²) in [4.78, 5) is 8.68. The van der Waals surface area contributed by atoms with E-state index in [1.807, 2.05) is 6.92 Å². The maximum Gasteiger partial charge on any atom is 0.486 e. The summed E-state index contributed by atoms with van der Waals surface area (Å²) in [6.45, 7) is 6.11. The summed E-state index contributed by atoms with van der Waals surface area (Å²) in [5.74, 6) is 0. The number of hydrogen-bond donors (Lipinski definition) is 1. The van der Waals surface area contributed by atoms with Gasteiger partial charge in [-0.2, -0.15) is 0 Å². The van der Waals surface area contributed by atoms with E-state index in [0.717, 1.165) is 12.8 Å². The Morgan fingerprint density at radius 1 is 1.50 bits per heavy atom. The van der Waals surface area contributed by atoms with E-state index in [9.17, 15) is 4.46 Å². The van der Waals surface area contributed by atoms with Crippen molar-refractivity contribution in [2.45, 2.75) is 33.6 Å². The van der Waals surface area contributed by atoms with Crippen molar-refractivity contribution in [2.24, 2.45) is 0 Å². The molecule has 0 saturated heterocycles. The highest BCUT2D eigenvalue weighted by Gasteiger charge is 1.96. The fraction of sp³-hybridized carbons (Fsp3) is 0.625. The van der Waals surface area contributed by atoms with Crippen molar-refractivity contribution >= 4 is 22.3 Å². The third-order valence-corrected chi connectivity index (χ3v) is 4.71. The van der Waals surface area contributed by atoms with Crippen LogP contribution in [0.4, 0.5) is 0 Å². The molecule has 0 rings (SSSR count). The Bertz CT molecular complexity index is 215. The van der Waals surface area contributed by atoms with E-state index < -0.39 is 8.44 Å². The lowest BCUT2D eigenvalue weighted by molar-refractivity contribution is 0.469. The monoisotopic (exact) mass is 200 g/mol. The molecule has 0 spiro atoms. The topological polar surface area (TPSA) is 37.3 Å². The number of hydrogen-bond acceptors (Lipinski definition) is 1. The molecule has 0 unspecified atom stereocenters. The van der Waals surface area contributed by atoms with Gasteiger partial charge in [-0.25, -0.2) is 0 Å². The van der Waals surface area contributed by atoms with Crippen LogP contribution in [0.5, 0.6) is 0 Å². The molecule has 12 heavy (non-hydrogen) atoms. The zero-order valence-corrected chi connectivity index (χ0v) is 10.1. The predicted molar refractivity (Wildman–Crippen MR) is 55.2 cm³/mol. The van der Waals surface area contributed by atoms with Crippen molar-refractivity contribution in [3.63, 3.8) is 0 Å². The average Bonchev–Trinajstić information content (AvgIpc) is 1.84. The molecule has 0 aromatic carbocycles. The second kappa shape index (κ2) is 6.19. The molecule has 0 fully saturated rings. The third-order valence-electron chi connectivity index (χ3n) is 1.46. The smallest absolute Gasteiger partial charge is 0.486 e. The average molecular weight is 200 g/mol. The van der Waals surface area contributed by atoms with Gasteiger partial charge in [0.1, 0.15) is 8.65 Å². The van der Waals surface area contributed by atoms with E-state index in [4.69, 9.17) is 4.80 Å². The van der Waals surface area contributed by atoms with E-state index >= 15 is 0 Å². The zero-order valence-electron chi connectivity index (χ0n) is 7.92. The van der Waals surface area contributed by atoms with Crippen molar-refractivity contribution in [1.82, 2.24) is 0 Å². The molecule has 4 heteroatoms. The zero-order chi connectivity index (χ0) is 9.56. The van der Waals surface area contributed by atoms with Crippen LogP contribution in [0.3, 0.4) is 0 Å². The van der Waals surface area contributed by atoms with E-state index in [-0.39, 0.29) is 8.65 Å². The van der Waals surface area contributed by atoms with Crippen LogP contribution in [0.25, 0.3) is 0 Å². The molecule has 0 bridgehead atoms. The lowest BCUT2D eigenvalue weighted by Gasteiger charge is -1.95. The van der Waals surface area contributed by atoms with Crippen molar-refractivity contribution in [2.75, 3.05) is 0 Å². The van der Waals surface area contributed by atoms with Gasteiger partial charge in [-0.3, -0.25) is 0 Å². The molecule has 0 atom stereocenters. The van der Waals surface area contributed by atoms with Gasteiger partial charge in [0.05, 0.1) is 0 Å². The second-order valence-electron chi connectivity index (χ2n) is 3.15. The molecule has 0 aromatic rings. The summed E-state index contributed by atoms with van der Waals surface area (Å²) < 4.78 is 10.5. The van der Waals surface area contributed by atoms with Gasteiger partial charge in [-0.05, 0) is 33.6 Å². The lowest BCUT2D eigenvalue weighted by Crippen LogP contribution is -2.10. The highest BCUT2D eigenvalue weighted by atomic mass is 29.2. The summed E-state index contributed by atoms with van der Waals surface area (Å²) in [5.41, 5.74) is 1.31. The van der Waals surface area contributed by atoms with Crippen LogP contribution in [-0.4, -0.2) is 27.1 Å². The van der Waals surface area contributed by atoms with Crippen LogP contribution < -0.4 is 0 Å². The van der Waals surface area contributed by atoms with Crippen molar-refractivity contribution in [3.05, 3.63) is 11.6 Å². The SMILES string of the molecule is CC(C)=CCC/C(C)=[SiH]\[Si](=O)O. The second-order valence-corrected chi connectivity index (χ2v) is 7.45. The third kappa shape index (κ3) is 7.75. The molecular weight excluding hydrogens is 184 g/mol. The van der Waals surface area contributed by atoms with Crippen LogP contribution in [0, 0.1) is 0 Å². The minimum Gasteiger partial charge on any atom is -0.540 e. The molecule has 0 amide bonds. The van der Waals surface area contributed by atoms with E-state index in [1.54, 1.807) is 0 Å². The molecule has 0 radical (unpaired) electrons. The quantitative estimate of drug-likeness (QED) is 0.538. The number of rotatable bonds is 4. The Labute approximate surface area is 77.3 Å². The minimum absolute atomic E-state index is 0.315. The Hall–Kier alpha value is -0.356. The van der Waals surface area contributed by atoms with Gasteiger partial charge in [-0.15, -0.1) is 0 Å². The largest absolute Gasteiger partial charge is 0.540 e. The van der Waals surface area contributed by atoms with Crippen LogP contribution >= 0.6 is 0 Å². The standard InChI is InChI=1S/C8H16O2Si2/c1-7(2)5-4-6-8(3)11-12(9)10/h5,9,11H,4,6H2,1-3H3/b11-8-. The molecular formula is C8H16O2Si2. The summed E-state index contributed by atoms with van der Waals surface area (Å²) in [7, 11) is -2.52. The Morgan fingerprint density at radius 2 is 2.08 bits per heavy atom. The van der Waals surface area contributed by atoms with Crippen molar-refractivity contribution in [3.8, 4) is 0 Å². The fourth-order valence-electron chi connectivity index (χ4n) is 0.871. The molecule has 2 nitrogen and oxygen atoms in total. The maximum absolute atomic E-state index is 10.5. The van der Waals surface area contributed by atoms with E-state index in [0.29, 0.717) is 0 Å². The predicted octanol–water partition coefficient (Wildman–Crippen LogP) is 0.769. The maximum atomic E-state index is 10.5. The first kappa shape index (κ1) is 11.6. The molecule has 0 aromatic heterocycles. The fourth-order valence-corrected chi connectivity index (χ4v) is 3.30. The highest BCUT2D eigenvalue weighted by molar-refractivity contribution is 7.03. The number of allylic oxidation sites excluding steroid dienone is 2. The first-order valence-corrected chi connectivity index (χ1v) is 7.80. The van der Waals surface area contributed by atoms with Gasteiger partial charge in [0.15, 0.2) is 0 Å². The summed E-state index contributed by atoms with van der Waals surface area (Å²) in [5, 5.41) is 1.21. The molecule has 0 aliphatic carbocycles. The minimum atomic E-state index is -2.21. The van der Waals surface area contributed by atoms with Crippen LogP contribution in [0.15, 0.2) is 11.6 Å². The summed E-state index contributed by atoms with van der Waals surface area (Å²) >= 11 is 0. The molecule has 0 heterocycles. The first-order valence-electron chi connectivity index (χ1n) is 4.06. The van der Waals surface area contributed by atoms with Gasteiger partial charge in [0, 0.05) is 0 Å². The molecule has 68 valence electrons. The molecule has 0 aliphatic heterocycles. The van der Waals surface area contributed by atoms with Gasteiger partial charge < -0.3 is 9.26 Å². The van der Waals surface area contributed by atoms with Gasteiger partial charge in [0.25, 0.3) is 0 Å². The Morgan fingerprint density at radius 3 is 2.50 bits per heavy atom. The molecule has 1 N–H and O–H groups in total. The normalized spacial score (nSPS) is 11.1. The van der Waals surface area contributed by atoms with E-state index in [2.05, 4.69) is 19.9 Å². The van der Waals surface area contributed by atoms with Crippen LogP contribution in [0.1, 0.15) is 33.6 Å². The van der Waals surface area contributed by atoms with E-state index in [1.165, 1.54) is 10.7 Å². The van der Waals surface area contributed by atoms with Gasteiger partial charge in [0.2, 0.25) is 0 Å². The van der Waals surface area contributed by atoms with Gasteiger partial charge >= 0.3 is 8.44 Å².